The molecule has 1 heterocycles. The summed E-state index contributed by atoms with van der Waals surface area (Å²) in [7, 11) is 1.73. The van der Waals surface area contributed by atoms with E-state index in [-0.39, 0.29) is 11.6 Å². The third-order valence-corrected chi connectivity index (χ3v) is 3.72. The molecule has 0 aromatic heterocycles. The lowest BCUT2D eigenvalue weighted by atomic mass is 9.89. The van der Waals surface area contributed by atoms with Crippen LogP contribution in [-0.4, -0.2) is 56.5 Å². The zero-order valence-corrected chi connectivity index (χ0v) is 11.4. The molecule has 1 unspecified atom stereocenters. The van der Waals surface area contributed by atoms with Crippen molar-refractivity contribution in [2.75, 3.05) is 40.0 Å². The monoisotopic (exact) mass is 245 g/mol. The van der Waals surface area contributed by atoms with Gasteiger partial charge in [0.2, 0.25) is 0 Å². The Hall–Kier alpha value is -0.200. The van der Waals surface area contributed by atoms with Crippen LogP contribution < -0.4 is 11.3 Å². The Kier molecular flexibility index (Phi) is 6.37. The van der Waals surface area contributed by atoms with Gasteiger partial charge in [-0.2, -0.15) is 0 Å². The molecule has 1 aliphatic heterocycles. The smallest absolute Gasteiger partial charge is 0.0594 e. The summed E-state index contributed by atoms with van der Waals surface area (Å²) in [5.74, 6) is 5.70. The van der Waals surface area contributed by atoms with E-state index in [1.807, 2.05) is 0 Å². The van der Waals surface area contributed by atoms with Crippen molar-refractivity contribution in [3.63, 3.8) is 0 Å². The summed E-state index contributed by atoms with van der Waals surface area (Å²) in [6.07, 6.45) is 2.05. The van der Waals surface area contributed by atoms with Crippen molar-refractivity contribution in [2.45, 2.75) is 38.3 Å². The van der Waals surface area contributed by atoms with Crippen molar-refractivity contribution in [1.29, 1.82) is 0 Å². The van der Waals surface area contributed by atoms with Gasteiger partial charge in [0.15, 0.2) is 0 Å². The first-order valence-electron chi connectivity index (χ1n) is 6.40. The fourth-order valence-corrected chi connectivity index (χ4v) is 2.43. The van der Waals surface area contributed by atoms with Gasteiger partial charge in [-0.15, -0.1) is 0 Å². The van der Waals surface area contributed by atoms with Crippen LogP contribution in [0, 0.1) is 0 Å². The fourth-order valence-electron chi connectivity index (χ4n) is 2.43. The summed E-state index contributed by atoms with van der Waals surface area (Å²) < 4.78 is 10.5. The topological polar surface area (TPSA) is 59.8 Å². The molecule has 17 heavy (non-hydrogen) atoms. The lowest BCUT2D eigenvalue weighted by Gasteiger charge is -2.45. The van der Waals surface area contributed by atoms with Gasteiger partial charge in [-0.1, -0.05) is 0 Å². The van der Waals surface area contributed by atoms with E-state index >= 15 is 0 Å². The first-order valence-corrected chi connectivity index (χ1v) is 6.40. The molecule has 0 aliphatic carbocycles. The minimum absolute atomic E-state index is 0.0479. The Balaban J connectivity index is 2.50. The van der Waals surface area contributed by atoms with E-state index < -0.39 is 0 Å². The lowest BCUT2D eigenvalue weighted by Crippen LogP contribution is -2.61. The van der Waals surface area contributed by atoms with Crippen LogP contribution in [0.5, 0.6) is 0 Å². The van der Waals surface area contributed by atoms with Crippen LogP contribution in [0.3, 0.4) is 0 Å². The van der Waals surface area contributed by atoms with E-state index in [1.54, 1.807) is 7.11 Å². The van der Waals surface area contributed by atoms with Gasteiger partial charge in [0.25, 0.3) is 0 Å². The highest BCUT2D eigenvalue weighted by Crippen LogP contribution is 2.23. The molecule has 1 saturated heterocycles. The van der Waals surface area contributed by atoms with Crippen LogP contribution in [0.15, 0.2) is 0 Å². The number of nitrogens with two attached hydrogens (primary N) is 1. The average molecular weight is 245 g/mol. The second-order valence-electron chi connectivity index (χ2n) is 5.11. The number of hydrogen-bond donors (Lipinski definition) is 2. The van der Waals surface area contributed by atoms with E-state index in [4.69, 9.17) is 15.3 Å². The standard InChI is InChI=1S/C12H27N3O2/c1-12(2,15-6-9-17-10-7-15)11(14-13)5-4-8-16-3/h11,14H,4-10,13H2,1-3H3. The van der Waals surface area contributed by atoms with Crippen molar-refractivity contribution in [1.82, 2.24) is 10.3 Å². The van der Waals surface area contributed by atoms with E-state index in [9.17, 15) is 0 Å². The molecule has 102 valence electrons. The minimum atomic E-state index is 0.0479. The number of ether oxygens (including phenoxy) is 2. The molecule has 0 amide bonds. The van der Waals surface area contributed by atoms with Gasteiger partial charge in [0, 0.05) is 38.4 Å². The van der Waals surface area contributed by atoms with Crippen LogP contribution in [0.2, 0.25) is 0 Å². The van der Waals surface area contributed by atoms with Crippen LogP contribution in [0.1, 0.15) is 26.7 Å². The molecule has 1 rings (SSSR count). The van der Waals surface area contributed by atoms with Gasteiger partial charge >= 0.3 is 0 Å². The molecule has 1 aliphatic rings. The van der Waals surface area contributed by atoms with Crippen molar-refractivity contribution in [3.8, 4) is 0 Å². The number of hydrogen-bond acceptors (Lipinski definition) is 5. The van der Waals surface area contributed by atoms with Crippen LogP contribution >= 0.6 is 0 Å². The first-order chi connectivity index (χ1) is 8.12. The molecule has 3 N–H and O–H groups in total. The maximum absolute atomic E-state index is 5.70. The molecule has 0 saturated carbocycles. The van der Waals surface area contributed by atoms with E-state index in [0.717, 1.165) is 45.8 Å². The van der Waals surface area contributed by atoms with Crippen molar-refractivity contribution >= 4 is 0 Å². The van der Waals surface area contributed by atoms with Crippen LogP contribution in [-0.2, 0) is 9.47 Å². The lowest BCUT2D eigenvalue weighted by molar-refractivity contribution is -0.0252. The van der Waals surface area contributed by atoms with Crippen LogP contribution in [0.4, 0.5) is 0 Å². The second-order valence-corrected chi connectivity index (χ2v) is 5.11. The third-order valence-electron chi connectivity index (χ3n) is 3.72. The van der Waals surface area contributed by atoms with Gasteiger partial charge in [-0.05, 0) is 26.7 Å². The molecule has 5 nitrogen and oxygen atoms in total. The molecule has 1 atom stereocenters. The second kappa shape index (κ2) is 7.28. The molecular weight excluding hydrogens is 218 g/mol. The Labute approximate surface area is 105 Å². The number of nitrogens with zero attached hydrogens (tertiary/aromatic N) is 1. The maximum Gasteiger partial charge on any atom is 0.0594 e. The number of rotatable bonds is 7. The number of nitrogens with one attached hydrogen (secondary N) is 1. The predicted molar refractivity (Wildman–Crippen MR) is 68.7 cm³/mol. The average Bonchev–Trinajstić information content (AvgIpc) is 2.35. The highest BCUT2D eigenvalue weighted by atomic mass is 16.5. The van der Waals surface area contributed by atoms with Crippen molar-refractivity contribution in [3.05, 3.63) is 0 Å². The predicted octanol–water partition coefficient (Wildman–Crippen LogP) is 0.356. The molecule has 0 bridgehead atoms. The third kappa shape index (κ3) is 4.19. The normalized spacial score (nSPS) is 20.5. The SMILES string of the molecule is COCCCC(NN)C(C)(C)N1CCOCC1. The summed E-state index contributed by atoms with van der Waals surface area (Å²) in [6, 6.07) is 0.274. The minimum Gasteiger partial charge on any atom is -0.385 e. The molecule has 0 radical (unpaired) electrons. The summed E-state index contributed by atoms with van der Waals surface area (Å²) in [5, 5.41) is 0. The number of morpholine rings is 1. The zero-order valence-electron chi connectivity index (χ0n) is 11.4. The number of hydrazine groups is 1. The molecule has 0 aromatic rings. The van der Waals surface area contributed by atoms with E-state index in [0.29, 0.717) is 0 Å². The first kappa shape index (κ1) is 14.9. The molecular formula is C12H27N3O2. The summed E-state index contributed by atoms with van der Waals surface area (Å²) in [5.41, 5.74) is 3.01. The highest BCUT2D eigenvalue weighted by Gasteiger charge is 2.35. The largest absolute Gasteiger partial charge is 0.385 e. The molecule has 0 aromatic carbocycles. The summed E-state index contributed by atoms with van der Waals surface area (Å²) in [6.45, 7) is 8.88. The van der Waals surface area contributed by atoms with Crippen molar-refractivity contribution in [2.24, 2.45) is 5.84 Å². The fraction of sp³-hybridized carbons (Fsp3) is 1.00. The molecule has 5 heteroatoms. The Morgan fingerprint density at radius 3 is 2.59 bits per heavy atom. The summed E-state index contributed by atoms with van der Waals surface area (Å²) >= 11 is 0. The molecule has 1 fully saturated rings. The van der Waals surface area contributed by atoms with E-state index in [2.05, 4.69) is 24.2 Å². The Morgan fingerprint density at radius 2 is 2.06 bits per heavy atom. The Bertz CT molecular complexity index is 206. The van der Waals surface area contributed by atoms with Crippen LogP contribution in [0.25, 0.3) is 0 Å². The quantitative estimate of drug-likeness (QED) is 0.385. The summed E-state index contributed by atoms with van der Waals surface area (Å²) in [4.78, 5) is 2.45. The zero-order chi connectivity index (χ0) is 12.7. The van der Waals surface area contributed by atoms with E-state index in [1.165, 1.54) is 0 Å². The van der Waals surface area contributed by atoms with Crippen molar-refractivity contribution < 1.29 is 9.47 Å². The van der Waals surface area contributed by atoms with Gasteiger partial charge < -0.3 is 9.47 Å². The van der Waals surface area contributed by atoms with Gasteiger partial charge in [-0.3, -0.25) is 16.2 Å². The number of methoxy groups -OCH3 is 1. The van der Waals surface area contributed by atoms with Gasteiger partial charge in [-0.25, -0.2) is 0 Å². The maximum atomic E-state index is 5.70. The van der Waals surface area contributed by atoms with Gasteiger partial charge in [0.05, 0.1) is 13.2 Å². The van der Waals surface area contributed by atoms with Gasteiger partial charge in [0.1, 0.15) is 0 Å². The molecule has 0 spiro atoms. The highest BCUT2D eigenvalue weighted by molar-refractivity contribution is 4.93. The Morgan fingerprint density at radius 1 is 1.41 bits per heavy atom.